The summed E-state index contributed by atoms with van der Waals surface area (Å²) in [5.41, 5.74) is 5.17. The molecule has 3 rings (SSSR count). The van der Waals surface area contributed by atoms with Crippen LogP contribution in [0.4, 0.5) is 0 Å². The monoisotopic (exact) mass is 334 g/mol. The third kappa shape index (κ3) is 5.30. The molecule has 3 heteroatoms. The van der Waals surface area contributed by atoms with E-state index in [1.807, 2.05) is 0 Å². The van der Waals surface area contributed by atoms with Gasteiger partial charge in [-0.2, -0.15) is 0 Å². The molecule has 1 aliphatic rings. The Morgan fingerprint density at radius 3 is 2.64 bits per heavy atom. The molecule has 0 spiro atoms. The summed E-state index contributed by atoms with van der Waals surface area (Å²) in [7, 11) is 0. The third-order valence-corrected chi connectivity index (χ3v) is 4.57. The van der Waals surface area contributed by atoms with E-state index < -0.39 is 0 Å². The van der Waals surface area contributed by atoms with Crippen LogP contribution in [-0.4, -0.2) is 25.0 Å². The van der Waals surface area contributed by atoms with Crippen LogP contribution >= 0.6 is 0 Å². The number of nitrogens with one attached hydrogen (secondary N) is 2. The van der Waals surface area contributed by atoms with E-state index in [0.29, 0.717) is 6.54 Å². The van der Waals surface area contributed by atoms with Gasteiger partial charge < -0.3 is 10.6 Å². The summed E-state index contributed by atoms with van der Waals surface area (Å²) < 4.78 is 0. The molecule has 2 N–H and O–H groups in total. The highest BCUT2D eigenvalue weighted by Crippen LogP contribution is 2.12. The highest BCUT2D eigenvalue weighted by atomic mass is 16.2. The van der Waals surface area contributed by atoms with Crippen molar-refractivity contribution in [2.45, 2.75) is 32.2 Å². The number of carbonyl (C=O) groups excluding carboxylic acids is 1. The molecule has 3 nitrogen and oxygen atoms in total. The summed E-state index contributed by atoms with van der Waals surface area (Å²) >= 11 is 0. The standard InChI is InChI=1S/C22H26N2O/c1-2-17-9-11-18(12-10-17)5-3-6-19-7-4-8-20(13-19)14-21-15-23-16-22(25)24-21/h3-4,6-13,21,23H,2,5,14-16H2,1H3,(H,24,25)/b6-3+. The number of allylic oxidation sites excluding steroid dienone is 1. The minimum atomic E-state index is 0.0846. The van der Waals surface area contributed by atoms with Gasteiger partial charge in [-0.25, -0.2) is 0 Å². The fraction of sp³-hybridized carbons (Fsp3) is 0.318. The van der Waals surface area contributed by atoms with Crippen molar-refractivity contribution in [3.8, 4) is 0 Å². The Bertz CT molecular complexity index is 734. The third-order valence-electron chi connectivity index (χ3n) is 4.57. The number of aryl methyl sites for hydroxylation is 1. The second-order valence-corrected chi connectivity index (χ2v) is 6.62. The van der Waals surface area contributed by atoms with Crippen molar-refractivity contribution in [3.05, 3.63) is 76.9 Å². The lowest BCUT2D eigenvalue weighted by molar-refractivity contribution is -0.122. The van der Waals surface area contributed by atoms with E-state index in [0.717, 1.165) is 25.8 Å². The molecule has 0 aliphatic carbocycles. The molecule has 0 saturated carbocycles. The smallest absolute Gasteiger partial charge is 0.234 e. The van der Waals surface area contributed by atoms with Crippen molar-refractivity contribution in [2.24, 2.45) is 0 Å². The summed E-state index contributed by atoms with van der Waals surface area (Å²) in [6.07, 6.45) is 7.27. The van der Waals surface area contributed by atoms with E-state index in [1.54, 1.807) is 0 Å². The van der Waals surface area contributed by atoms with Crippen LogP contribution in [0.5, 0.6) is 0 Å². The number of benzene rings is 2. The first-order valence-corrected chi connectivity index (χ1v) is 9.06. The predicted molar refractivity (Wildman–Crippen MR) is 104 cm³/mol. The molecule has 2 aromatic carbocycles. The number of amides is 1. The van der Waals surface area contributed by atoms with Gasteiger partial charge in [-0.15, -0.1) is 0 Å². The molecule has 1 unspecified atom stereocenters. The summed E-state index contributed by atoms with van der Waals surface area (Å²) in [6, 6.07) is 17.5. The second kappa shape index (κ2) is 8.63. The maximum atomic E-state index is 11.5. The summed E-state index contributed by atoms with van der Waals surface area (Å²) in [4.78, 5) is 11.5. The Kier molecular flexibility index (Phi) is 6.02. The van der Waals surface area contributed by atoms with E-state index in [9.17, 15) is 4.79 Å². The summed E-state index contributed by atoms with van der Waals surface area (Å²) in [6.45, 7) is 3.44. The maximum Gasteiger partial charge on any atom is 0.234 e. The molecular formula is C22H26N2O. The lowest BCUT2D eigenvalue weighted by atomic mass is 10.0. The molecule has 1 amide bonds. The quantitative estimate of drug-likeness (QED) is 0.852. The molecule has 130 valence electrons. The van der Waals surface area contributed by atoms with Gasteiger partial charge in [-0.3, -0.25) is 4.79 Å². The van der Waals surface area contributed by atoms with Crippen molar-refractivity contribution < 1.29 is 4.79 Å². The molecule has 2 aromatic rings. The van der Waals surface area contributed by atoms with Crippen LogP contribution in [0.3, 0.4) is 0 Å². The fourth-order valence-corrected chi connectivity index (χ4v) is 3.16. The van der Waals surface area contributed by atoms with Crippen LogP contribution in [0.2, 0.25) is 0 Å². The Morgan fingerprint density at radius 2 is 1.88 bits per heavy atom. The zero-order chi connectivity index (χ0) is 17.5. The van der Waals surface area contributed by atoms with Gasteiger partial charge in [0.15, 0.2) is 0 Å². The number of hydrogen-bond acceptors (Lipinski definition) is 2. The molecule has 0 aromatic heterocycles. The molecule has 0 bridgehead atoms. The molecule has 1 heterocycles. The summed E-state index contributed by atoms with van der Waals surface area (Å²) in [5, 5.41) is 6.19. The zero-order valence-electron chi connectivity index (χ0n) is 14.8. The van der Waals surface area contributed by atoms with Crippen LogP contribution in [0.1, 0.15) is 29.2 Å². The molecule has 1 saturated heterocycles. The molecule has 0 radical (unpaired) electrons. The van der Waals surface area contributed by atoms with Gasteiger partial charge in [0.2, 0.25) is 5.91 Å². The topological polar surface area (TPSA) is 41.1 Å². The van der Waals surface area contributed by atoms with Gasteiger partial charge in [0, 0.05) is 12.6 Å². The molecule has 1 atom stereocenters. The van der Waals surface area contributed by atoms with Gasteiger partial charge >= 0.3 is 0 Å². The molecule has 1 aliphatic heterocycles. The Labute approximate surface area is 150 Å². The van der Waals surface area contributed by atoms with Gasteiger partial charge in [0.05, 0.1) is 6.54 Å². The summed E-state index contributed by atoms with van der Waals surface area (Å²) in [5.74, 6) is 0.0846. The highest BCUT2D eigenvalue weighted by Gasteiger charge is 2.17. The largest absolute Gasteiger partial charge is 0.351 e. The first kappa shape index (κ1) is 17.4. The Morgan fingerprint density at radius 1 is 1.08 bits per heavy atom. The number of carbonyl (C=O) groups is 1. The Balaban J connectivity index is 1.57. The molecule has 1 fully saturated rings. The van der Waals surface area contributed by atoms with E-state index in [1.165, 1.54) is 22.3 Å². The van der Waals surface area contributed by atoms with Crippen molar-refractivity contribution >= 4 is 12.0 Å². The van der Waals surface area contributed by atoms with Gasteiger partial charge in [-0.1, -0.05) is 67.6 Å². The van der Waals surface area contributed by atoms with Crippen LogP contribution in [0.15, 0.2) is 54.6 Å². The number of piperazine rings is 1. The molecular weight excluding hydrogens is 308 g/mol. The van der Waals surface area contributed by atoms with Crippen molar-refractivity contribution in [1.82, 2.24) is 10.6 Å². The number of hydrogen-bond donors (Lipinski definition) is 2. The minimum absolute atomic E-state index is 0.0846. The second-order valence-electron chi connectivity index (χ2n) is 6.62. The average Bonchev–Trinajstić information content (AvgIpc) is 2.63. The van der Waals surface area contributed by atoms with Crippen molar-refractivity contribution in [1.29, 1.82) is 0 Å². The lowest BCUT2D eigenvalue weighted by Crippen LogP contribution is -2.52. The number of rotatable bonds is 6. The predicted octanol–water partition coefficient (Wildman–Crippen LogP) is 3.14. The van der Waals surface area contributed by atoms with E-state index in [2.05, 4.69) is 78.2 Å². The van der Waals surface area contributed by atoms with E-state index >= 15 is 0 Å². The van der Waals surface area contributed by atoms with Gasteiger partial charge in [-0.05, 0) is 41.5 Å². The zero-order valence-corrected chi connectivity index (χ0v) is 14.8. The van der Waals surface area contributed by atoms with Crippen LogP contribution in [0.25, 0.3) is 6.08 Å². The molecule has 25 heavy (non-hydrogen) atoms. The van der Waals surface area contributed by atoms with Crippen molar-refractivity contribution in [3.63, 3.8) is 0 Å². The first-order chi connectivity index (χ1) is 12.2. The van der Waals surface area contributed by atoms with E-state index in [-0.39, 0.29) is 11.9 Å². The van der Waals surface area contributed by atoms with Crippen LogP contribution in [-0.2, 0) is 24.1 Å². The first-order valence-electron chi connectivity index (χ1n) is 9.06. The lowest BCUT2D eigenvalue weighted by Gasteiger charge is -2.24. The van der Waals surface area contributed by atoms with Crippen LogP contribution in [0, 0.1) is 0 Å². The van der Waals surface area contributed by atoms with Crippen LogP contribution < -0.4 is 10.6 Å². The highest BCUT2D eigenvalue weighted by molar-refractivity contribution is 5.79. The maximum absolute atomic E-state index is 11.5. The minimum Gasteiger partial charge on any atom is -0.351 e. The normalized spacial score (nSPS) is 17.6. The van der Waals surface area contributed by atoms with Crippen molar-refractivity contribution in [2.75, 3.05) is 13.1 Å². The van der Waals surface area contributed by atoms with Gasteiger partial charge in [0.25, 0.3) is 0 Å². The Hall–Kier alpha value is -2.39. The van der Waals surface area contributed by atoms with E-state index in [4.69, 9.17) is 0 Å². The average molecular weight is 334 g/mol. The SMILES string of the molecule is CCc1ccc(C/C=C/c2cccc(CC3CNCC(=O)N3)c2)cc1. The van der Waals surface area contributed by atoms with Gasteiger partial charge in [0.1, 0.15) is 0 Å². The fourth-order valence-electron chi connectivity index (χ4n) is 3.16.